The third kappa shape index (κ3) is 15.8. The summed E-state index contributed by atoms with van der Waals surface area (Å²) in [5, 5.41) is 15.3. The minimum absolute atomic E-state index is 0.0157. The van der Waals surface area contributed by atoms with E-state index in [1.165, 1.54) is 44.9 Å². The highest BCUT2D eigenvalue weighted by Crippen LogP contribution is 2.35. The van der Waals surface area contributed by atoms with Gasteiger partial charge in [0.25, 0.3) is 0 Å². The molecule has 41 heavy (non-hydrogen) atoms. The fraction of sp³-hybridized carbons (Fsp3) is 0.848. The second-order valence-electron chi connectivity index (χ2n) is 13.5. The Morgan fingerprint density at radius 2 is 1.56 bits per heavy atom. The molecule has 2 unspecified atom stereocenters. The molecule has 1 aliphatic heterocycles. The summed E-state index contributed by atoms with van der Waals surface area (Å²) in [6.07, 6.45) is 17.6. The fourth-order valence-electron chi connectivity index (χ4n) is 5.04. The monoisotopic (exact) mass is 580 g/mol. The number of amides is 2. The summed E-state index contributed by atoms with van der Waals surface area (Å²) in [6, 6.07) is -0.550. The number of aliphatic carboxylic acids is 1. The molecule has 3 N–H and O–H groups in total. The molecule has 1 aliphatic rings. The number of carbonyl (C=O) groups excluding carboxylic acids is 2. The largest absolute Gasteiger partial charge is 0.481 e. The molecule has 0 aromatic heterocycles. The minimum Gasteiger partial charge on any atom is -0.481 e. The van der Waals surface area contributed by atoms with Gasteiger partial charge in [0.05, 0.1) is 13.0 Å². The van der Waals surface area contributed by atoms with Crippen molar-refractivity contribution in [1.82, 2.24) is 10.6 Å². The maximum absolute atomic E-state index is 13.1. The Morgan fingerprint density at radius 1 is 0.951 bits per heavy atom. The van der Waals surface area contributed by atoms with Crippen molar-refractivity contribution in [3.63, 3.8) is 0 Å². The summed E-state index contributed by atoms with van der Waals surface area (Å²) in [6.45, 7) is 14.3. The molecule has 0 aromatic rings. The second kappa shape index (κ2) is 18.6. The molecular weight excluding hydrogens is 520 g/mol. The highest BCUT2D eigenvalue weighted by molar-refractivity contribution is 5.83. The van der Waals surface area contributed by atoms with Crippen LogP contribution in [0.15, 0.2) is 12.2 Å². The molecule has 0 radical (unpaired) electrons. The van der Waals surface area contributed by atoms with Gasteiger partial charge in [0.15, 0.2) is 5.79 Å². The van der Waals surface area contributed by atoms with Gasteiger partial charge in [0.2, 0.25) is 11.8 Å². The van der Waals surface area contributed by atoms with Crippen LogP contribution in [0.2, 0.25) is 0 Å². The highest BCUT2D eigenvalue weighted by Gasteiger charge is 2.46. The first-order chi connectivity index (χ1) is 19.2. The lowest BCUT2D eigenvalue weighted by atomic mass is 9.85. The lowest BCUT2D eigenvalue weighted by Gasteiger charge is -2.45. The molecule has 2 amide bonds. The lowest BCUT2D eigenvalue weighted by molar-refractivity contribution is -0.304. The van der Waals surface area contributed by atoms with Crippen LogP contribution in [0.1, 0.15) is 138 Å². The van der Waals surface area contributed by atoms with Crippen molar-refractivity contribution in [2.24, 2.45) is 10.8 Å². The van der Waals surface area contributed by atoms with Crippen LogP contribution in [0.4, 0.5) is 0 Å². The number of allylic oxidation sites excluding steroid dienone is 2. The van der Waals surface area contributed by atoms with E-state index in [4.69, 9.17) is 9.47 Å². The molecule has 1 saturated heterocycles. The van der Waals surface area contributed by atoms with Crippen LogP contribution >= 0.6 is 0 Å². The van der Waals surface area contributed by atoms with Gasteiger partial charge in [-0.3, -0.25) is 14.4 Å². The Bertz CT molecular complexity index is 821. The summed E-state index contributed by atoms with van der Waals surface area (Å²) in [7, 11) is 0. The SMILES string of the molecule is CCCCCCC=CCCCCCCC(C)(C)C(=O)NCCCC(CC(=O)O)NC(=O)C1OC(C)(C)OCC1(C)C. The van der Waals surface area contributed by atoms with Gasteiger partial charge in [-0.1, -0.05) is 85.3 Å². The van der Waals surface area contributed by atoms with Crippen molar-refractivity contribution >= 4 is 17.8 Å². The predicted octanol–water partition coefficient (Wildman–Crippen LogP) is 6.91. The molecule has 0 spiro atoms. The molecule has 8 nitrogen and oxygen atoms in total. The average molecular weight is 581 g/mol. The Morgan fingerprint density at radius 3 is 2.17 bits per heavy atom. The lowest BCUT2D eigenvalue weighted by Crippen LogP contribution is -2.57. The zero-order valence-corrected chi connectivity index (χ0v) is 27.1. The summed E-state index contributed by atoms with van der Waals surface area (Å²) < 4.78 is 11.6. The molecule has 0 aromatic carbocycles. The number of rotatable bonds is 21. The number of carboxylic acids is 1. The van der Waals surface area contributed by atoms with Gasteiger partial charge in [-0.15, -0.1) is 0 Å². The van der Waals surface area contributed by atoms with Gasteiger partial charge >= 0.3 is 5.97 Å². The van der Waals surface area contributed by atoms with Crippen molar-refractivity contribution in [2.45, 2.75) is 156 Å². The summed E-state index contributed by atoms with van der Waals surface area (Å²) in [5.74, 6) is -2.18. The number of hydrogen-bond donors (Lipinski definition) is 3. The van der Waals surface area contributed by atoms with Crippen molar-refractivity contribution in [1.29, 1.82) is 0 Å². The fourth-order valence-corrected chi connectivity index (χ4v) is 5.04. The molecule has 2 atom stereocenters. The van der Waals surface area contributed by atoms with Crippen LogP contribution in [0, 0.1) is 10.8 Å². The van der Waals surface area contributed by atoms with Crippen molar-refractivity contribution in [3.05, 3.63) is 12.2 Å². The molecule has 1 rings (SSSR count). The smallest absolute Gasteiger partial charge is 0.305 e. The van der Waals surface area contributed by atoms with E-state index in [-0.39, 0.29) is 18.2 Å². The number of nitrogens with one attached hydrogen (secondary N) is 2. The van der Waals surface area contributed by atoms with Crippen LogP contribution in [0.5, 0.6) is 0 Å². The summed E-state index contributed by atoms with van der Waals surface area (Å²) >= 11 is 0. The number of carbonyl (C=O) groups is 3. The third-order valence-electron chi connectivity index (χ3n) is 7.85. The Balaban J connectivity index is 2.35. The molecule has 1 heterocycles. The zero-order chi connectivity index (χ0) is 30.9. The normalized spacial score (nSPS) is 19.1. The molecule has 0 bridgehead atoms. The molecule has 0 aliphatic carbocycles. The van der Waals surface area contributed by atoms with Crippen molar-refractivity contribution in [2.75, 3.05) is 13.2 Å². The highest BCUT2D eigenvalue weighted by atomic mass is 16.7. The maximum Gasteiger partial charge on any atom is 0.305 e. The number of ether oxygens (including phenoxy) is 2. The molecular formula is C33H60N2O6. The van der Waals surface area contributed by atoms with Gasteiger partial charge < -0.3 is 25.2 Å². The van der Waals surface area contributed by atoms with Crippen LogP contribution in [0.3, 0.4) is 0 Å². The van der Waals surface area contributed by atoms with Crippen LogP contribution in [-0.2, 0) is 23.9 Å². The number of carboxylic acid groups (broad SMARTS) is 1. The first kappa shape index (κ1) is 37.1. The quantitative estimate of drug-likeness (QED) is 0.100. The van der Waals surface area contributed by atoms with E-state index in [0.29, 0.717) is 26.0 Å². The molecule has 0 saturated carbocycles. The Kier molecular flexibility index (Phi) is 16.8. The topological polar surface area (TPSA) is 114 Å². The van der Waals surface area contributed by atoms with Gasteiger partial charge in [0.1, 0.15) is 6.10 Å². The second-order valence-corrected chi connectivity index (χ2v) is 13.5. The average Bonchev–Trinajstić information content (AvgIpc) is 2.88. The van der Waals surface area contributed by atoms with E-state index in [0.717, 1.165) is 25.7 Å². The number of unbranched alkanes of at least 4 members (excludes halogenated alkanes) is 8. The van der Waals surface area contributed by atoms with Crippen molar-refractivity contribution in [3.8, 4) is 0 Å². The molecule has 8 heteroatoms. The third-order valence-corrected chi connectivity index (χ3v) is 7.85. The maximum atomic E-state index is 13.1. The first-order valence-corrected chi connectivity index (χ1v) is 16.0. The predicted molar refractivity (Wildman–Crippen MR) is 164 cm³/mol. The zero-order valence-electron chi connectivity index (χ0n) is 27.1. The number of hydrogen-bond acceptors (Lipinski definition) is 5. The van der Waals surface area contributed by atoms with Crippen LogP contribution in [0.25, 0.3) is 0 Å². The van der Waals surface area contributed by atoms with E-state index in [9.17, 15) is 19.5 Å². The van der Waals surface area contributed by atoms with E-state index in [1.807, 2.05) is 27.7 Å². The van der Waals surface area contributed by atoms with Gasteiger partial charge in [-0.25, -0.2) is 0 Å². The summed E-state index contributed by atoms with van der Waals surface area (Å²) in [4.78, 5) is 37.3. The van der Waals surface area contributed by atoms with E-state index < -0.39 is 34.7 Å². The molecule has 238 valence electrons. The first-order valence-electron chi connectivity index (χ1n) is 16.0. The van der Waals surface area contributed by atoms with E-state index >= 15 is 0 Å². The Labute approximate surface area is 249 Å². The van der Waals surface area contributed by atoms with Gasteiger partial charge in [-0.05, 0) is 58.8 Å². The van der Waals surface area contributed by atoms with Crippen LogP contribution < -0.4 is 10.6 Å². The van der Waals surface area contributed by atoms with E-state index in [1.54, 1.807) is 13.8 Å². The summed E-state index contributed by atoms with van der Waals surface area (Å²) in [5.41, 5.74) is -0.997. The van der Waals surface area contributed by atoms with E-state index in [2.05, 4.69) is 29.7 Å². The standard InChI is InChI=1S/C33H60N2O6/c1-8-9-10-11-12-13-14-15-16-17-18-19-22-31(2,3)30(39)34-23-20-21-26(24-27(36)37)35-29(38)28-32(4,5)25-40-33(6,7)41-28/h13-14,26,28H,8-12,15-25H2,1-7H3,(H,34,39)(H,35,38)(H,36,37). The Hall–Kier alpha value is -1.93. The van der Waals surface area contributed by atoms with Crippen LogP contribution in [-0.4, -0.2) is 54.0 Å². The van der Waals surface area contributed by atoms with Gasteiger partial charge in [0, 0.05) is 23.4 Å². The minimum atomic E-state index is -0.980. The van der Waals surface area contributed by atoms with Crippen molar-refractivity contribution < 1.29 is 29.0 Å². The molecule has 1 fully saturated rings. The van der Waals surface area contributed by atoms with Gasteiger partial charge in [-0.2, -0.15) is 0 Å².